The van der Waals surface area contributed by atoms with Gasteiger partial charge in [0.15, 0.2) is 11.5 Å². The third-order valence-electron chi connectivity index (χ3n) is 4.09. The highest BCUT2D eigenvalue weighted by Crippen LogP contribution is 2.32. The number of nitrogens with one attached hydrogen (secondary N) is 1. The van der Waals surface area contributed by atoms with Gasteiger partial charge in [-0.1, -0.05) is 18.2 Å². The van der Waals surface area contributed by atoms with Gasteiger partial charge in [-0.25, -0.2) is 0 Å². The molecule has 0 fully saturated rings. The second-order valence-corrected chi connectivity index (χ2v) is 5.89. The molecule has 6 heteroatoms. The predicted octanol–water partition coefficient (Wildman–Crippen LogP) is 2.26. The Bertz CT molecular complexity index is 787. The van der Waals surface area contributed by atoms with Gasteiger partial charge in [0.2, 0.25) is 18.6 Å². The van der Waals surface area contributed by atoms with Crippen molar-refractivity contribution in [3.05, 3.63) is 53.6 Å². The Morgan fingerprint density at radius 1 is 1.04 bits per heavy atom. The smallest absolute Gasteiger partial charge is 0.231 e. The van der Waals surface area contributed by atoms with Gasteiger partial charge >= 0.3 is 0 Å². The molecular weight excluding hydrogens is 320 g/mol. The van der Waals surface area contributed by atoms with Crippen LogP contribution in [0.2, 0.25) is 0 Å². The first-order chi connectivity index (χ1) is 12.0. The van der Waals surface area contributed by atoms with Crippen molar-refractivity contribution >= 4 is 17.5 Å². The number of hydrogen-bond donors (Lipinski definition) is 1. The average molecular weight is 340 g/mol. The molecule has 1 aliphatic rings. The fourth-order valence-corrected chi connectivity index (χ4v) is 2.52. The molecule has 2 aromatic carbocycles. The van der Waals surface area contributed by atoms with Crippen LogP contribution in [-0.4, -0.2) is 25.7 Å². The Kier molecular flexibility index (Phi) is 4.88. The lowest BCUT2D eigenvalue weighted by atomic mass is 10.1. The molecule has 0 atom stereocenters. The van der Waals surface area contributed by atoms with E-state index in [4.69, 9.17) is 9.47 Å². The Hall–Kier alpha value is -3.02. The minimum Gasteiger partial charge on any atom is -0.454 e. The standard InChI is InChI=1S/C19H20N2O4/c1-13(22)21(2)16-6-3-14(4-7-16)10-19(23)20-11-15-5-8-17-18(9-15)25-12-24-17/h3-9H,10-12H2,1-2H3,(H,20,23). The topological polar surface area (TPSA) is 67.9 Å². The van der Waals surface area contributed by atoms with Crippen LogP contribution in [0.1, 0.15) is 18.1 Å². The van der Waals surface area contributed by atoms with E-state index >= 15 is 0 Å². The maximum Gasteiger partial charge on any atom is 0.231 e. The molecule has 130 valence electrons. The molecule has 1 N–H and O–H groups in total. The zero-order valence-corrected chi connectivity index (χ0v) is 14.2. The van der Waals surface area contributed by atoms with Crippen LogP contribution in [0.4, 0.5) is 5.69 Å². The molecule has 0 spiro atoms. The number of fused-ring (bicyclic) bond motifs is 1. The Labute approximate surface area is 146 Å². The van der Waals surface area contributed by atoms with Crippen LogP contribution >= 0.6 is 0 Å². The van der Waals surface area contributed by atoms with Crippen molar-refractivity contribution in [2.24, 2.45) is 0 Å². The summed E-state index contributed by atoms with van der Waals surface area (Å²) in [7, 11) is 1.72. The van der Waals surface area contributed by atoms with Crippen LogP contribution in [0.5, 0.6) is 11.5 Å². The number of carbonyl (C=O) groups is 2. The van der Waals surface area contributed by atoms with Gasteiger partial charge < -0.3 is 19.7 Å². The SMILES string of the molecule is CC(=O)N(C)c1ccc(CC(=O)NCc2ccc3c(c2)OCO3)cc1. The average Bonchev–Trinajstić information content (AvgIpc) is 3.07. The van der Waals surface area contributed by atoms with E-state index in [0.717, 1.165) is 22.6 Å². The van der Waals surface area contributed by atoms with E-state index in [1.165, 1.54) is 6.92 Å². The van der Waals surface area contributed by atoms with Crippen molar-refractivity contribution in [1.29, 1.82) is 0 Å². The highest BCUT2D eigenvalue weighted by Gasteiger charge is 2.13. The van der Waals surface area contributed by atoms with Crippen molar-refractivity contribution in [3.63, 3.8) is 0 Å². The number of hydrogen-bond acceptors (Lipinski definition) is 4. The summed E-state index contributed by atoms with van der Waals surface area (Å²) < 4.78 is 10.6. The molecule has 0 unspecified atom stereocenters. The van der Waals surface area contributed by atoms with Gasteiger partial charge in [-0.2, -0.15) is 0 Å². The zero-order chi connectivity index (χ0) is 17.8. The number of carbonyl (C=O) groups excluding carboxylic acids is 2. The van der Waals surface area contributed by atoms with E-state index in [-0.39, 0.29) is 25.0 Å². The lowest BCUT2D eigenvalue weighted by molar-refractivity contribution is -0.120. The second kappa shape index (κ2) is 7.25. The van der Waals surface area contributed by atoms with Crippen LogP contribution in [0.25, 0.3) is 0 Å². The van der Waals surface area contributed by atoms with E-state index < -0.39 is 0 Å². The summed E-state index contributed by atoms with van der Waals surface area (Å²) in [6.45, 7) is 2.18. The maximum absolute atomic E-state index is 12.1. The largest absolute Gasteiger partial charge is 0.454 e. The number of rotatable bonds is 5. The number of benzene rings is 2. The van der Waals surface area contributed by atoms with Crippen LogP contribution in [0.15, 0.2) is 42.5 Å². The highest BCUT2D eigenvalue weighted by atomic mass is 16.7. The van der Waals surface area contributed by atoms with Gasteiger partial charge in [-0.15, -0.1) is 0 Å². The summed E-state index contributed by atoms with van der Waals surface area (Å²) in [4.78, 5) is 25.0. The van der Waals surface area contributed by atoms with Gasteiger partial charge in [0.05, 0.1) is 6.42 Å². The molecular formula is C19H20N2O4. The molecule has 2 aromatic rings. The molecule has 2 amide bonds. The number of amides is 2. The first-order valence-electron chi connectivity index (χ1n) is 8.01. The highest BCUT2D eigenvalue weighted by molar-refractivity contribution is 5.90. The molecule has 1 aliphatic heterocycles. The van der Waals surface area contributed by atoms with Crippen molar-refractivity contribution in [3.8, 4) is 11.5 Å². The molecule has 0 bridgehead atoms. The van der Waals surface area contributed by atoms with Crippen LogP contribution < -0.4 is 19.7 Å². The maximum atomic E-state index is 12.1. The van der Waals surface area contributed by atoms with Gasteiger partial charge in [0.25, 0.3) is 0 Å². The molecule has 0 saturated heterocycles. The lowest BCUT2D eigenvalue weighted by Crippen LogP contribution is -2.25. The summed E-state index contributed by atoms with van der Waals surface area (Å²) in [5.74, 6) is 1.34. The summed E-state index contributed by atoms with van der Waals surface area (Å²) in [5.41, 5.74) is 2.65. The van der Waals surface area contributed by atoms with E-state index in [2.05, 4.69) is 5.32 Å². The van der Waals surface area contributed by atoms with Gasteiger partial charge in [0, 0.05) is 26.2 Å². The fraction of sp³-hybridized carbons (Fsp3) is 0.263. The van der Waals surface area contributed by atoms with Crippen LogP contribution in [0.3, 0.4) is 0 Å². The Balaban J connectivity index is 1.53. The van der Waals surface area contributed by atoms with Gasteiger partial charge in [0.1, 0.15) is 0 Å². The molecule has 6 nitrogen and oxygen atoms in total. The Morgan fingerprint density at radius 3 is 2.44 bits per heavy atom. The summed E-state index contributed by atoms with van der Waals surface area (Å²) in [6, 6.07) is 13.0. The molecule has 0 aromatic heterocycles. The number of ether oxygens (including phenoxy) is 2. The van der Waals surface area contributed by atoms with E-state index in [1.807, 2.05) is 42.5 Å². The van der Waals surface area contributed by atoms with E-state index in [1.54, 1.807) is 11.9 Å². The lowest BCUT2D eigenvalue weighted by Gasteiger charge is -2.15. The molecule has 3 rings (SSSR count). The summed E-state index contributed by atoms with van der Waals surface area (Å²) in [6.07, 6.45) is 0.286. The van der Waals surface area contributed by atoms with Crippen molar-refractivity contribution in [2.45, 2.75) is 19.9 Å². The first kappa shape index (κ1) is 16.8. The molecule has 25 heavy (non-hydrogen) atoms. The molecule has 0 radical (unpaired) electrons. The minimum atomic E-state index is -0.0645. The monoisotopic (exact) mass is 340 g/mol. The molecule has 0 aliphatic carbocycles. The third kappa shape index (κ3) is 4.09. The predicted molar refractivity (Wildman–Crippen MR) is 93.6 cm³/mol. The summed E-state index contributed by atoms with van der Waals surface area (Å²) >= 11 is 0. The molecule has 0 saturated carbocycles. The minimum absolute atomic E-state index is 0.0331. The van der Waals surface area contributed by atoms with Crippen LogP contribution in [-0.2, 0) is 22.6 Å². The Morgan fingerprint density at radius 2 is 1.72 bits per heavy atom. The van der Waals surface area contributed by atoms with E-state index in [0.29, 0.717) is 12.3 Å². The van der Waals surface area contributed by atoms with Crippen molar-refractivity contribution in [2.75, 3.05) is 18.7 Å². The van der Waals surface area contributed by atoms with E-state index in [9.17, 15) is 9.59 Å². The zero-order valence-electron chi connectivity index (χ0n) is 14.2. The number of anilines is 1. The van der Waals surface area contributed by atoms with Crippen LogP contribution in [0, 0.1) is 0 Å². The number of nitrogens with zero attached hydrogens (tertiary/aromatic N) is 1. The van der Waals surface area contributed by atoms with Gasteiger partial charge in [-0.05, 0) is 35.4 Å². The van der Waals surface area contributed by atoms with Gasteiger partial charge in [-0.3, -0.25) is 9.59 Å². The first-order valence-corrected chi connectivity index (χ1v) is 8.01. The van der Waals surface area contributed by atoms with Crippen molar-refractivity contribution in [1.82, 2.24) is 5.32 Å². The normalized spacial score (nSPS) is 11.9. The fourth-order valence-electron chi connectivity index (χ4n) is 2.52. The third-order valence-corrected chi connectivity index (χ3v) is 4.09. The summed E-state index contributed by atoms with van der Waals surface area (Å²) in [5, 5.41) is 2.89. The van der Waals surface area contributed by atoms with Crippen molar-refractivity contribution < 1.29 is 19.1 Å². The quantitative estimate of drug-likeness (QED) is 0.906. The second-order valence-electron chi connectivity index (χ2n) is 5.89. The molecule has 1 heterocycles.